The van der Waals surface area contributed by atoms with Gasteiger partial charge in [-0.15, -0.1) is 0 Å². The highest BCUT2D eigenvalue weighted by Crippen LogP contribution is 2.42. The largest absolute Gasteiger partial charge is 0.393 e. The van der Waals surface area contributed by atoms with Crippen molar-refractivity contribution in [1.82, 2.24) is 0 Å². The van der Waals surface area contributed by atoms with Crippen molar-refractivity contribution in [3.8, 4) is 0 Å². The average molecular weight is 260 g/mol. The van der Waals surface area contributed by atoms with Gasteiger partial charge in [-0.05, 0) is 40.4 Å². The number of nitrogens with two attached hydrogens (primary N) is 1. The van der Waals surface area contributed by atoms with Crippen molar-refractivity contribution in [1.29, 1.82) is 0 Å². The second-order valence-corrected chi connectivity index (χ2v) is 4.61. The van der Waals surface area contributed by atoms with Crippen molar-refractivity contribution in [3.05, 3.63) is 34.1 Å². The van der Waals surface area contributed by atoms with Crippen LogP contribution in [0.1, 0.15) is 18.4 Å². The fourth-order valence-corrected chi connectivity index (χ4v) is 2.55. The molecule has 1 aliphatic carbocycles. The van der Waals surface area contributed by atoms with E-state index in [4.69, 9.17) is 5.73 Å². The average Bonchev–Trinajstić information content (AvgIpc) is 2.07. The van der Waals surface area contributed by atoms with Crippen LogP contribution in [-0.4, -0.2) is 11.2 Å². The van der Waals surface area contributed by atoms with Crippen LogP contribution in [0.4, 0.5) is 4.39 Å². The molecule has 0 radical (unpaired) electrons. The lowest BCUT2D eigenvalue weighted by Gasteiger charge is -2.43. The lowest BCUT2D eigenvalue weighted by atomic mass is 9.70. The quantitative estimate of drug-likeness (QED) is 0.810. The summed E-state index contributed by atoms with van der Waals surface area (Å²) >= 11 is 3.17. The Labute approximate surface area is 90.1 Å². The van der Waals surface area contributed by atoms with Crippen LogP contribution in [-0.2, 0) is 5.54 Å². The van der Waals surface area contributed by atoms with Gasteiger partial charge in [0.1, 0.15) is 5.82 Å². The predicted molar refractivity (Wildman–Crippen MR) is 55.2 cm³/mol. The van der Waals surface area contributed by atoms with Crippen molar-refractivity contribution in [2.24, 2.45) is 5.73 Å². The van der Waals surface area contributed by atoms with Gasteiger partial charge in [0.25, 0.3) is 0 Å². The summed E-state index contributed by atoms with van der Waals surface area (Å²) in [5.41, 5.74) is 6.20. The molecule has 0 saturated heterocycles. The standard InChI is InChI=1S/C10H11BrFNO/c11-9-7(2-1-3-8(9)12)10(13)4-6(14)5-10/h1-3,6,14H,4-5,13H2. The third kappa shape index (κ3) is 1.47. The normalized spacial score (nSPS) is 31.3. The Morgan fingerprint density at radius 1 is 1.50 bits per heavy atom. The predicted octanol–water partition coefficient (Wildman–Crippen LogP) is 1.90. The molecule has 0 heterocycles. The van der Waals surface area contributed by atoms with E-state index in [9.17, 15) is 9.50 Å². The van der Waals surface area contributed by atoms with Gasteiger partial charge in [0.2, 0.25) is 0 Å². The zero-order valence-corrected chi connectivity index (χ0v) is 9.09. The summed E-state index contributed by atoms with van der Waals surface area (Å²) in [5.74, 6) is -0.311. The van der Waals surface area contributed by atoms with Crippen molar-refractivity contribution < 1.29 is 9.50 Å². The summed E-state index contributed by atoms with van der Waals surface area (Å²) in [6, 6.07) is 4.81. The summed E-state index contributed by atoms with van der Waals surface area (Å²) in [6.07, 6.45) is 0.638. The number of halogens is 2. The number of benzene rings is 1. The van der Waals surface area contributed by atoms with Crippen LogP contribution in [0, 0.1) is 5.82 Å². The van der Waals surface area contributed by atoms with E-state index < -0.39 is 5.54 Å². The third-order valence-corrected chi connectivity index (χ3v) is 3.49. The van der Waals surface area contributed by atoms with Crippen molar-refractivity contribution in [2.75, 3.05) is 0 Å². The molecule has 14 heavy (non-hydrogen) atoms. The Balaban J connectivity index is 2.37. The minimum absolute atomic E-state index is 0.311. The minimum Gasteiger partial charge on any atom is -0.393 e. The molecule has 0 aliphatic heterocycles. The highest BCUT2D eigenvalue weighted by Gasteiger charge is 2.42. The van der Waals surface area contributed by atoms with E-state index in [1.165, 1.54) is 6.07 Å². The van der Waals surface area contributed by atoms with Crippen molar-refractivity contribution in [2.45, 2.75) is 24.5 Å². The molecule has 0 unspecified atom stereocenters. The molecule has 3 N–H and O–H groups in total. The molecule has 1 aromatic rings. The Bertz CT molecular complexity index is 363. The number of hydrogen-bond donors (Lipinski definition) is 2. The molecule has 1 aliphatic rings. The van der Waals surface area contributed by atoms with Gasteiger partial charge in [-0.25, -0.2) is 4.39 Å². The first-order valence-corrected chi connectivity index (χ1v) is 5.24. The van der Waals surface area contributed by atoms with E-state index in [0.717, 1.165) is 5.56 Å². The number of aliphatic hydroxyl groups excluding tert-OH is 1. The molecule has 0 atom stereocenters. The first-order valence-electron chi connectivity index (χ1n) is 4.44. The van der Waals surface area contributed by atoms with E-state index in [-0.39, 0.29) is 11.9 Å². The SMILES string of the molecule is NC1(c2cccc(F)c2Br)CC(O)C1. The number of rotatable bonds is 1. The van der Waals surface area contributed by atoms with Gasteiger partial charge in [-0.2, -0.15) is 0 Å². The van der Waals surface area contributed by atoms with Crippen LogP contribution < -0.4 is 5.73 Å². The van der Waals surface area contributed by atoms with Gasteiger partial charge >= 0.3 is 0 Å². The maximum atomic E-state index is 13.2. The Kier molecular flexibility index (Phi) is 2.37. The monoisotopic (exact) mass is 259 g/mol. The lowest BCUT2D eigenvalue weighted by molar-refractivity contribution is 0.0204. The van der Waals surface area contributed by atoms with Crippen LogP contribution in [0.2, 0.25) is 0 Å². The molecule has 2 nitrogen and oxygen atoms in total. The topological polar surface area (TPSA) is 46.2 Å². The van der Waals surface area contributed by atoms with Gasteiger partial charge in [0, 0.05) is 5.54 Å². The molecule has 76 valence electrons. The van der Waals surface area contributed by atoms with Crippen LogP contribution in [0.5, 0.6) is 0 Å². The van der Waals surface area contributed by atoms with Gasteiger partial charge < -0.3 is 10.8 Å². The summed E-state index contributed by atoms with van der Waals surface area (Å²) in [7, 11) is 0. The molecule has 0 aromatic heterocycles. The molecule has 0 amide bonds. The number of hydrogen-bond acceptors (Lipinski definition) is 2. The molecular weight excluding hydrogens is 249 g/mol. The Morgan fingerprint density at radius 2 is 2.14 bits per heavy atom. The zero-order valence-electron chi connectivity index (χ0n) is 7.50. The van der Waals surface area contributed by atoms with E-state index in [1.807, 2.05) is 0 Å². The minimum atomic E-state index is -0.569. The second kappa shape index (κ2) is 3.29. The Morgan fingerprint density at radius 3 is 2.71 bits per heavy atom. The number of aliphatic hydroxyl groups is 1. The fraction of sp³-hybridized carbons (Fsp3) is 0.400. The lowest BCUT2D eigenvalue weighted by Crippen LogP contribution is -2.51. The molecule has 0 bridgehead atoms. The first kappa shape index (κ1) is 10.1. The van der Waals surface area contributed by atoms with E-state index in [0.29, 0.717) is 17.3 Å². The van der Waals surface area contributed by atoms with Gasteiger partial charge in [-0.3, -0.25) is 0 Å². The summed E-state index contributed by atoms with van der Waals surface area (Å²) < 4.78 is 13.6. The fourth-order valence-electron chi connectivity index (χ4n) is 1.89. The van der Waals surface area contributed by atoms with E-state index in [1.54, 1.807) is 12.1 Å². The molecule has 4 heteroatoms. The van der Waals surface area contributed by atoms with Crippen LogP contribution in [0.15, 0.2) is 22.7 Å². The van der Waals surface area contributed by atoms with Crippen molar-refractivity contribution in [3.63, 3.8) is 0 Å². The smallest absolute Gasteiger partial charge is 0.137 e. The van der Waals surface area contributed by atoms with Crippen LogP contribution in [0.25, 0.3) is 0 Å². The maximum absolute atomic E-state index is 13.2. The highest BCUT2D eigenvalue weighted by molar-refractivity contribution is 9.10. The molecule has 0 spiro atoms. The van der Waals surface area contributed by atoms with Crippen molar-refractivity contribution >= 4 is 15.9 Å². The maximum Gasteiger partial charge on any atom is 0.137 e. The second-order valence-electron chi connectivity index (χ2n) is 3.82. The van der Waals surface area contributed by atoms with Crippen LogP contribution in [0.3, 0.4) is 0 Å². The molecule has 1 saturated carbocycles. The van der Waals surface area contributed by atoms with Crippen LogP contribution >= 0.6 is 15.9 Å². The summed E-state index contributed by atoms with van der Waals surface area (Å²) in [6.45, 7) is 0. The molecular formula is C10H11BrFNO. The zero-order chi connectivity index (χ0) is 10.3. The Hall–Kier alpha value is -0.450. The van der Waals surface area contributed by atoms with E-state index in [2.05, 4.69) is 15.9 Å². The molecule has 1 aromatic carbocycles. The third-order valence-electron chi connectivity index (χ3n) is 2.69. The summed E-state index contributed by atoms with van der Waals surface area (Å²) in [5, 5.41) is 9.22. The summed E-state index contributed by atoms with van der Waals surface area (Å²) in [4.78, 5) is 0. The van der Waals surface area contributed by atoms with E-state index >= 15 is 0 Å². The first-order chi connectivity index (χ1) is 6.53. The van der Waals surface area contributed by atoms with Gasteiger partial charge in [0.15, 0.2) is 0 Å². The van der Waals surface area contributed by atoms with Gasteiger partial charge in [0.05, 0.1) is 10.6 Å². The molecule has 1 fully saturated rings. The van der Waals surface area contributed by atoms with Gasteiger partial charge in [-0.1, -0.05) is 12.1 Å². The molecule has 2 rings (SSSR count). The highest BCUT2D eigenvalue weighted by atomic mass is 79.9.